The molecule has 4 aliphatic rings. The van der Waals surface area contributed by atoms with E-state index in [1.807, 2.05) is 0 Å². The van der Waals surface area contributed by atoms with Crippen molar-refractivity contribution in [2.24, 2.45) is 40.2 Å². The lowest BCUT2D eigenvalue weighted by Gasteiger charge is -2.61. The second-order valence-corrected chi connectivity index (χ2v) is 9.42. The van der Waals surface area contributed by atoms with Gasteiger partial charge >= 0.3 is 0 Å². The lowest BCUT2D eigenvalue weighted by Crippen LogP contribution is -2.59. The summed E-state index contributed by atoms with van der Waals surface area (Å²) >= 11 is 0. The zero-order chi connectivity index (χ0) is 16.6. The zero-order valence-electron chi connectivity index (χ0n) is 14.4. The fourth-order valence-corrected chi connectivity index (χ4v) is 7.04. The molecule has 0 heterocycles. The Kier molecular flexibility index (Phi) is 3.51. The summed E-state index contributed by atoms with van der Waals surface area (Å²) in [5, 5.41) is 21.0. The van der Waals surface area contributed by atoms with E-state index in [9.17, 15) is 15.0 Å². The van der Waals surface area contributed by atoms with E-state index < -0.39 is 0 Å². The van der Waals surface area contributed by atoms with E-state index in [0.717, 1.165) is 38.5 Å². The molecule has 130 valence electrons. The van der Waals surface area contributed by atoms with Gasteiger partial charge < -0.3 is 15.9 Å². The molecule has 0 aromatic rings. The van der Waals surface area contributed by atoms with Crippen LogP contribution in [0.3, 0.4) is 0 Å². The topological polar surface area (TPSA) is 83.6 Å². The summed E-state index contributed by atoms with van der Waals surface area (Å²) in [6.45, 7) is 4.56. The minimum absolute atomic E-state index is 0.128. The van der Waals surface area contributed by atoms with Crippen molar-refractivity contribution in [3.8, 4) is 0 Å². The first kappa shape index (κ1) is 16.0. The van der Waals surface area contributed by atoms with Gasteiger partial charge in [-0.05, 0) is 73.0 Å². The van der Waals surface area contributed by atoms with Crippen molar-refractivity contribution < 1.29 is 15.0 Å². The summed E-state index contributed by atoms with van der Waals surface area (Å²) in [6.07, 6.45) is 5.63. The van der Waals surface area contributed by atoms with Gasteiger partial charge in [-0.2, -0.15) is 0 Å². The second-order valence-electron chi connectivity index (χ2n) is 9.42. The zero-order valence-corrected chi connectivity index (χ0v) is 14.4. The van der Waals surface area contributed by atoms with E-state index in [0.29, 0.717) is 18.3 Å². The highest BCUT2D eigenvalue weighted by molar-refractivity contribution is 5.87. The SMILES string of the molecule is C[C@]12CC[C@H](O)C[C@H]1C[C@H](O)[C@@H]1[C@@H]2CC[C@]2(C)[C@@H](N)C(=O)C[C@@H]12. The van der Waals surface area contributed by atoms with E-state index in [1.54, 1.807) is 0 Å². The molecule has 0 aliphatic heterocycles. The number of hydrogen-bond acceptors (Lipinski definition) is 4. The molecule has 4 saturated carbocycles. The fraction of sp³-hybridized carbons (Fsp3) is 0.947. The van der Waals surface area contributed by atoms with Crippen LogP contribution in [0.1, 0.15) is 58.8 Å². The molecule has 4 aliphatic carbocycles. The Bertz CT molecular complexity index is 523. The smallest absolute Gasteiger partial charge is 0.150 e. The number of aliphatic hydroxyl groups is 2. The van der Waals surface area contributed by atoms with E-state index in [2.05, 4.69) is 13.8 Å². The lowest BCUT2D eigenvalue weighted by atomic mass is 9.44. The van der Waals surface area contributed by atoms with Crippen molar-refractivity contribution in [2.75, 3.05) is 0 Å². The Hall–Kier alpha value is -0.450. The Labute approximate surface area is 138 Å². The summed E-state index contributed by atoms with van der Waals surface area (Å²) in [7, 11) is 0. The highest BCUT2D eigenvalue weighted by Crippen LogP contribution is 2.65. The molecule has 4 fully saturated rings. The molecule has 0 amide bonds. The number of carbonyl (C=O) groups excluding carboxylic acids is 1. The van der Waals surface area contributed by atoms with Gasteiger partial charge in [0, 0.05) is 6.42 Å². The van der Waals surface area contributed by atoms with Gasteiger partial charge in [0.25, 0.3) is 0 Å². The van der Waals surface area contributed by atoms with Crippen LogP contribution in [0.2, 0.25) is 0 Å². The minimum Gasteiger partial charge on any atom is -0.393 e. The molecular weight excluding hydrogens is 290 g/mol. The maximum atomic E-state index is 12.3. The Morgan fingerprint density at radius 1 is 1.04 bits per heavy atom. The van der Waals surface area contributed by atoms with E-state index in [4.69, 9.17) is 5.73 Å². The Morgan fingerprint density at radius 3 is 2.48 bits per heavy atom. The average Bonchev–Trinajstić information content (AvgIpc) is 2.73. The summed E-state index contributed by atoms with van der Waals surface area (Å²) in [5.74, 6) is 1.53. The number of Topliss-reactive ketones (excluding diaryl/α,β-unsaturated/α-hetero) is 1. The molecule has 0 radical (unpaired) electrons. The van der Waals surface area contributed by atoms with Gasteiger partial charge in [-0.25, -0.2) is 0 Å². The van der Waals surface area contributed by atoms with Crippen LogP contribution in [-0.4, -0.2) is 34.2 Å². The summed E-state index contributed by atoms with van der Waals surface area (Å²) < 4.78 is 0. The first-order valence-electron chi connectivity index (χ1n) is 9.42. The molecular formula is C19H31NO3. The third-order valence-electron chi connectivity index (χ3n) is 8.57. The molecule has 4 nitrogen and oxygen atoms in total. The predicted octanol–water partition coefficient (Wildman–Crippen LogP) is 1.87. The van der Waals surface area contributed by atoms with Crippen molar-refractivity contribution >= 4 is 5.78 Å². The number of hydrogen-bond donors (Lipinski definition) is 3. The first-order chi connectivity index (χ1) is 10.8. The first-order valence-corrected chi connectivity index (χ1v) is 9.42. The van der Waals surface area contributed by atoms with Crippen LogP contribution >= 0.6 is 0 Å². The summed E-state index contributed by atoms with van der Waals surface area (Å²) in [6, 6.07) is -0.348. The van der Waals surface area contributed by atoms with Crippen molar-refractivity contribution in [1.82, 2.24) is 0 Å². The maximum Gasteiger partial charge on any atom is 0.150 e. The largest absolute Gasteiger partial charge is 0.393 e. The van der Waals surface area contributed by atoms with Gasteiger partial charge in [-0.3, -0.25) is 4.79 Å². The predicted molar refractivity (Wildman–Crippen MR) is 87.5 cm³/mol. The second kappa shape index (κ2) is 5.03. The molecule has 0 aromatic heterocycles. The van der Waals surface area contributed by atoms with Crippen LogP contribution < -0.4 is 5.73 Å². The molecule has 4 rings (SSSR count). The van der Waals surface area contributed by atoms with Crippen LogP contribution in [0.4, 0.5) is 0 Å². The third-order valence-corrected chi connectivity index (χ3v) is 8.57. The van der Waals surface area contributed by atoms with Gasteiger partial charge in [0.2, 0.25) is 0 Å². The number of fused-ring (bicyclic) bond motifs is 5. The minimum atomic E-state index is -0.348. The third kappa shape index (κ3) is 2.04. The van der Waals surface area contributed by atoms with Crippen LogP contribution in [0.5, 0.6) is 0 Å². The lowest BCUT2D eigenvalue weighted by molar-refractivity contribution is -0.169. The Morgan fingerprint density at radius 2 is 1.74 bits per heavy atom. The number of rotatable bonds is 0. The average molecular weight is 321 g/mol. The van der Waals surface area contributed by atoms with Gasteiger partial charge in [-0.1, -0.05) is 13.8 Å². The van der Waals surface area contributed by atoms with Crippen LogP contribution in [0.25, 0.3) is 0 Å². The molecule has 0 spiro atoms. The normalized spacial score (nSPS) is 59.2. The van der Waals surface area contributed by atoms with Gasteiger partial charge in [0.1, 0.15) is 5.78 Å². The quantitative estimate of drug-likeness (QED) is 0.636. The highest BCUT2D eigenvalue weighted by Gasteiger charge is 2.63. The number of carbonyl (C=O) groups is 1. The van der Waals surface area contributed by atoms with Crippen molar-refractivity contribution in [2.45, 2.75) is 77.0 Å². The monoisotopic (exact) mass is 321 g/mol. The summed E-state index contributed by atoms with van der Waals surface area (Å²) in [4.78, 5) is 12.3. The molecule has 0 bridgehead atoms. The molecule has 4 heteroatoms. The molecule has 4 N–H and O–H groups in total. The van der Waals surface area contributed by atoms with Gasteiger partial charge in [-0.15, -0.1) is 0 Å². The van der Waals surface area contributed by atoms with Crippen molar-refractivity contribution in [3.63, 3.8) is 0 Å². The summed E-state index contributed by atoms with van der Waals surface area (Å²) in [5.41, 5.74) is 6.33. The highest BCUT2D eigenvalue weighted by atomic mass is 16.3. The standard InChI is InChI=1S/C19H31NO3/c1-18-5-3-11(21)7-10(18)8-14(22)16-12(18)4-6-19(2)13(16)9-15(23)17(19)20/h10-14,16-17,21-22H,3-9,20H2,1-2H3/t10-,11-,12-,13-,14-,16+,17-,18-,19-/m0/s1. The number of ketones is 1. The molecule has 0 aromatic carbocycles. The van der Waals surface area contributed by atoms with E-state index in [1.165, 1.54) is 0 Å². The van der Waals surface area contributed by atoms with Crippen LogP contribution in [0.15, 0.2) is 0 Å². The molecule has 0 saturated heterocycles. The van der Waals surface area contributed by atoms with Gasteiger partial charge in [0.15, 0.2) is 0 Å². The number of aliphatic hydroxyl groups excluding tert-OH is 2. The van der Waals surface area contributed by atoms with Crippen LogP contribution in [-0.2, 0) is 4.79 Å². The van der Waals surface area contributed by atoms with Crippen LogP contribution in [0, 0.1) is 34.5 Å². The molecule has 0 unspecified atom stereocenters. The van der Waals surface area contributed by atoms with Gasteiger partial charge in [0.05, 0.1) is 18.2 Å². The Balaban J connectivity index is 1.69. The fourth-order valence-electron chi connectivity index (χ4n) is 7.04. The number of nitrogens with two attached hydrogens (primary N) is 1. The molecule has 9 atom stereocenters. The van der Waals surface area contributed by atoms with E-state index in [-0.39, 0.29) is 46.7 Å². The van der Waals surface area contributed by atoms with Crippen molar-refractivity contribution in [3.05, 3.63) is 0 Å². The molecule has 23 heavy (non-hydrogen) atoms. The van der Waals surface area contributed by atoms with Crippen molar-refractivity contribution in [1.29, 1.82) is 0 Å². The maximum absolute atomic E-state index is 12.3. The van der Waals surface area contributed by atoms with E-state index >= 15 is 0 Å².